The Balaban J connectivity index is 2.43. The molecular formula is C15H23NO4S. The molecule has 1 aromatic rings. The molecule has 0 aliphatic carbocycles. The topological polar surface area (TPSA) is 55.8 Å². The van der Waals surface area contributed by atoms with Gasteiger partial charge in [-0.1, -0.05) is 13.0 Å². The number of sulfonamides is 1. The van der Waals surface area contributed by atoms with Gasteiger partial charge in [-0.25, -0.2) is 8.42 Å². The van der Waals surface area contributed by atoms with Crippen molar-refractivity contribution in [2.45, 2.75) is 44.3 Å². The van der Waals surface area contributed by atoms with Crippen LogP contribution in [-0.4, -0.2) is 45.1 Å². The predicted octanol–water partition coefficient (Wildman–Crippen LogP) is 2.06. The highest BCUT2D eigenvalue weighted by atomic mass is 32.2. The Morgan fingerprint density at radius 2 is 1.90 bits per heavy atom. The van der Waals surface area contributed by atoms with E-state index >= 15 is 0 Å². The molecule has 0 aromatic heterocycles. The van der Waals surface area contributed by atoms with E-state index in [1.807, 2.05) is 26.8 Å². The SMILES string of the molecule is CCc1ccc(OC)c(S(=O)(=O)N2C[C@H](C)O[C@@H](C)C2)c1. The number of nitrogens with zero attached hydrogens (tertiary/aromatic N) is 1. The van der Waals surface area contributed by atoms with Gasteiger partial charge in [-0.15, -0.1) is 0 Å². The van der Waals surface area contributed by atoms with Crippen LogP contribution >= 0.6 is 0 Å². The van der Waals surface area contributed by atoms with Crippen molar-refractivity contribution >= 4 is 10.0 Å². The number of hydrogen-bond acceptors (Lipinski definition) is 4. The summed E-state index contributed by atoms with van der Waals surface area (Å²) in [5.74, 6) is 0.388. The van der Waals surface area contributed by atoms with Crippen LogP contribution < -0.4 is 4.74 Å². The van der Waals surface area contributed by atoms with Gasteiger partial charge in [0.1, 0.15) is 10.6 Å². The second-order valence-electron chi connectivity index (χ2n) is 5.42. The first-order valence-corrected chi connectivity index (χ1v) is 8.65. The van der Waals surface area contributed by atoms with Crippen molar-refractivity contribution in [1.82, 2.24) is 4.31 Å². The maximum Gasteiger partial charge on any atom is 0.246 e. The third kappa shape index (κ3) is 3.39. The number of ether oxygens (including phenoxy) is 2. The van der Waals surface area contributed by atoms with Crippen molar-refractivity contribution in [3.63, 3.8) is 0 Å². The molecule has 5 nitrogen and oxygen atoms in total. The number of methoxy groups -OCH3 is 1. The largest absolute Gasteiger partial charge is 0.495 e. The minimum atomic E-state index is -3.57. The van der Waals surface area contributed by atoms with Crippen LogP contribution in [0.5, 0.6) is 5.75 Å². The van der Waals surface area contributed by atoms with E-state index in [0.717, 1.165) is 12.0 Å². The summed E-state index contributed by atoms with van der Waals surface area (Å²) in [5.41, 5.74) is 0.976. The molecule has 2 atom stereocenters. The van der Waals surface area contributed by atoms with Crippen molar-refractivity contribution in [3.8, 4) is 5.75 Å². The van der Waals surface area contributed by atoms with Gasteiger partial charge in [0.05, 0.1) is 19.3 Å². The summed E-state index contributed by atoms with van der Waals surface area (Å²) < 4.78 is 38.2. The smallest absolute Gasteiger partial charge is 0.246 e. The van der Waals surface area contributed by atoms with Crippen molar-refractivity contribution in [2.75, 3.05) is 20.2 Å². The molecular weight excluding hydrogens is 290 g/mol. The molecule has 0 unspecified atom stereocenters. The number of benzene rings is 1. The Hall–Kier alpha value is -1.11. The van der Waals surface area contributed by atoms with E-state index in [1.54, 1.807) is 12.1 Å². The highest BCUT2D eigenvalue weighted by molar-refractivity contribution is 7.89. The van der Waals surface area contributed by atoms with Crippen molar-refractivity contribution in [3.05, 3.63) is 23.8 Å². The van der Waals surface area contributed by atoms with E-state index in [4.69, 9.17) is 9.47 Å². The summed E-state index contributed by atoms with van der Waals surface area (Å²) in [4.78, 5) is 0.241. The van der Waals surface area contributed by atoms with Gasteiger partial charge >= 0.3 is 0 Å². The van der Waals surface area contributed by atoms with Crippen LogP contribution in [0.3, 0.4) is 0 Å². The molecule has 2 rings (SSSR count). The Kier molecular flexibility index (Phi) is 4.91. The average Bonchev–Trinajstić information content (AvgIpc) is 2.45. The van der Waals surface area contributed by atoms with Gasteiger partial charge in [-0.2, -0.15) is 4.31 Å². The first kappa shape index (κ1) is 16.3. The molecule has 1 fully saturated rings. The minimum absolute atomic E-state index is 0.108. The average molecular weight is 313 g/mol. The second-order valence-corrected chi connectivity index (χ2v) is 7.32. The third-order valence-corrected chi connectivity index (χ3v) is 5.49. The lowest BCUT2D eigenvalue weighted by Gasteiger charge is -2.34. The zero-order valence-corrected chi connectivity index (χ0v) is 13.8. The lowest BCUT2D eigenvalue weighted by molar-refractivity contribution is -0.0441. The van der Waals surface area contributed by atoms with E-state index in [0.29, 0.717) is 18.8 Å². The molecule has 21 heavy (non-hydrogen) atoms. The monoisotopic (exact) mass is 313 g/mol. The van der Waals surface area contributed by atoms with Crippen LogP contribution in [0.4, 0.5) is 0 Å². The van der Waals surface area contributed by atoms with Crippen LogP contribution in [0.1, 0.15) is 26.3 Å². The standard InChI is InChI=1S/C15H23NO4S/c1-5-13-6-7-14(19-4)15(8-13)21(17,18)16-9-11(2)20-12(3)10-16/h6-8,11-12H,5,9-10H2,1-4H3/t11-,12-/m0/s1. The molecule has 0 radical (unpaired) electrons. The fraction of sp³-hybridized carbons (Fsp3) is 0.600. The summed E-state index contributed by atoms with van der Waals surface area (Å²) in [7, 11) is -2.08. The van der Waals surface area contributed by atoms with Crippen molar-refractivity contribution < 1.29 is 17.9 Å². The molecule has 1 aliphatic heterocycles. The number of rotatable bonds is 4. The fourth-order valence-corrected chi connectivity index (χ4v) is 4.41. The van der Waals surface area contributed by atoms with Gasteiger partial charge in [0.25, 0.3) is 0 Å². The molecule has 0 spiro atoms. The van der Waals surface area contributed by atoms with Crippen LogP contribution in [0.25, 0.3) is 0 Å². The maximum absolute atomic E-state index is 12.9. The Bertz CT molecular complexity index is 590. The molecule has 1 aromatic carbocycles. The summed E-state index contributed by atoms with van der Waals surface area (Å²) in [5, 5.41) is 0. The van der Waals surface area contributed by atoms with E-state index in [1.165, 1.54) is 11.4 Å². The molecule has 6 heteroatoms. The molecule has 1 aliphatic rings. The quantitative estimate of drug-likeness (QED) is 0.854. The minimum Gasteiger partial charge on any atom is -0.495 e. The van der Waals surface area contributed by atoms with Gasteiger partial charge in [0.15, 0.2) is 0 Å². The zero-order valence-electron chi connectivity index (χ0n) is 13.0. The first-order valence-electron chi connectivity index (χ1n) is 7.21. The predicted molar refractivity (Wildman–Crippen MR) is 81.1 cm³/mol. The van der Waals surface area contributed by atoms with Gasteiger partial charge in [-0.3, -0.25) is 0 Å². The van der Waals surface area contributed by atoms with E-state index < -0.39 is 10.0 Å². The van der Waals surface area contributed by atoms with Crippen LogP contribution in [-0.2, 0) is 21.2 Å². The molecule has 0 amide bonds. The lowest BCUT2D eigenvalue weighted by atomic mass is 10.2. The van der Waals surface area contributed by atoms with Gasteiger partial charge in [0, 0.05) is 13.1 Å². The molecule has 0 N–H and O–H groups in total. The van der Waals surface area contributed by atoms with Gasteiger partial charge < -0.3 is 9.47 Å². The number of hydrogen-bond donors (Lipinski definition) is 0. The highest BCUT2D eigenvalue weighted by Crippen LogP contribution is 2.29. The van der Waals surface area contributed by atoms with Gasteiger partial charge in [-0.05, 0) is 38.0 Å². The lowest BCUT2D eigenvalue weighted by Crippen LogP contribution is -2.48. The van der Waals surface area contributed by atoms with Crippen LogP contribution in [0.15, 0.2) is 23.1 Å². The Labute approximate surface area is 126 Å². The van der Waals surface area contributed by atoms with E-state index in [9.17, 15) is 8.42 Å². The Morgan fingerprint density at radius 3 is 2.43 bits per heavy atom. The van der Waals surface area contributed by atoms with Gasteiger partial charge in [0.2, 0.25) is 10.0 Å². The Morgan fingerprint density at radius 1 is 1.29 bits per heavy atom. The molecule has 118 valence electrons. The summed E-state index contributed by atoms with van der Waals surface area (Å²) in [6, 6.07) is 5.32. The zero-order chi connectivity index (χ0) is 15.6. The fourth-order valence-electron chi connectivity index (χ4n) is 2.61. The highest BCUT2D eigenvalue weighted by Gasteiger charge is 2.34. The normalized spacial score (nSPS) is 24.0. The van der Waals surface area contributed by atoms with Crippen molar-refractivity contribution in [1.29, 1.82) is 0 Å². The number of aryl methyl sites for hydroxylation is 1. The van der Waals surface area contributed by atoms with Crippen LogP contribution in [0, 0.1) is 0 Å². The summed E-state index contributed by atoms with van der Waals surface area (Å²) in [6.45, 7) is 6.51. The first-order chi connectivity index (χ1) is 9.88. The third-order valence-electron chi connectivity index (χ3n) is 3.64. The van der Waals surface area contributed by atoms with Crippen molar-refractivity contribution in [2.24, 2.45) is 0 Å². The maximum atomic E-state index is 12.9. The van der Waals surface area contributed by atoms with E-state index in [2.05, 4.69) is 0 Å². The summed E-state index contributed by atoms with van der Waals surface area (Å²) >= 11 is 0. The van der Waals surface area contributed by atoms with E-state index in [-0.39, 0.29) is 17.1 Å². The molecule has 0 bridgehead atoms. The van der Waals surface area contributed by atoms with Crippen LogP contribution in [0.2, 0.25) is 0 Å². The molecule has 1 saturated heterocycles. The molecule has 0 saturated carbocycles. The second kappa shape index (κ2) is 6.34. The molecule has 1 heterocycles. The number of morpholine rings is 1. The summed E-state index contributed by atoms with van der Waals surface area (Å²) in [6.07, 6.45) is 0.565.